The van der Waals surface area contributed by atoms with Gasteiger partial charge in [-0.15, -0.1) is 4.36 Å². The fourth-order valence-electron chi connectivity index (χ4n) is 4.45. The molecule has 160 valence electrons. The molecule has 0 bridgehead atoms. The Morgan fingerprint density at radius 3 is 2.17 bits per heavy atom. The summed E-state index contributed by atoms with van der Waals surface area (Å²) in [5, 5.41) is 8.93. The molecule has 2 aromatic carbocycles. The van der Waals surface area contributed by atoms with E-state index in [-0.39, 0.29) is 0 Å². The van der Waals surface area contributed by atoms with Gasteiger partial charge in [-0.1, -0.05) is 6.07 Å². The quantitative estimate of drug-likeness (QED) is 0.757. The fourth-order valence-corrected chi connectivity index (χ4v) is 5.37. The van der Waals surface area contributed by atoms with Crippen LogP contribution in [0.2, 0.25) is 0 Å². The molecule has 3 N–H and O–H groups in total. The first-order valence-electron chi connectivity index (χ1n) is 10.6. The van der Waals surface area contributed by atoms with Crippen molar-refractivity contribution in [3.63, 3.8) is 0 Å². The number of anilines is 2. The monoisotopic (exact) mass is 426 g/mol. The normalized spacial score (nSPS) is 16.7. The number of carbonyl (C=O) groups is 1. The minimum absolute atomic E-state index is 0.336. The number of aryl methyl sites for hydroxylation is 2. The Morgan fingerprint density at radius 1 is 1.07 bits per heavy atom. The summed E-state index contributed by atoms with van der Waals surface area (Å²) in [6.45, 7) is 4.19. The summed E-state index contributed by atoms with van der Waals surface area (Å²) in [5.41, 5.74) is 6.94. The van der Waals surface area contributed by atoms with Crippen molar-refractivity contribution >= 4 is 27.3 Å². The van der Waals surface area contributed by atoms with E-state index in [1.54, 1.807) is 12.1 Å². The first kappa shape index (κ1) is 20.9. The Kier molecular flexibility index (Phi) is 5.59. The molecule has 2 aromatic rings. The second-order valence-electron chi connectivity index (χ2n) is 8.52. The summed E-state index contributed by atoms with van der Waals surface area (Å²) in [6.07, 6.45) is 6.22. The van der Waals surface area contributed by atoms with Gasteiger partial charge in [0.1, 0.15) is 9.92 Å². The van der Waals surface area contributed by atoms with Crippen molar-refractivity contribution in [1.29, 1.82) is 0 Å². The summed E-state index contributed by atoms with van der Waals surface area (Å²) < 4.78 is 16.9. The molecular formula is C23H30N4O2S. The zero-order chi connectivity index (χ0) is 21.5. The third-order valence-electron chi connectivity index (χ3n) is 6.28. The summed E-state index contributed by atoms with van der Waals surface area (Å²) in [4.78, 5) is 15.2. The molecule has 0 heterocycles. The van der Waals surface area contributed by atoms with Crippen molar-refractivity contribution < 1.29 is 9.00 Å². The van der Waals surface area contributed by atoms with Gasteiger partial charge in [-0.05, 0) is 98.9 Å². The molecule has 0 aromatic heterocycles. The van der Waals surface area contributed by atoms with Gasteiger partial charge in [0, 0.05) is 24.5 Å². The number of nitrogens with one attached hydrogen (secondary N) is 1. The number of hydrogen-bond acceptors (Lipinski definition) is 3. The lowest BCUT2D eigenvalue weighted by atomic mass is 9.99. The van der Waals surface area contributed by atoms with Crippen LogP contribution in [0.4, 0.5) is 16.2 Å². The van der Waals surface area contributed by atoms with E-state index in [9.17, 15) is 9.00 Å². The molecule has 1 atom stereocenters. The predicted molar refractivity (Wildman–Crippen MR) is 123 cm³/mol. The lowest BCUT2D eigenvalue weighted by molar-refractivity contribution is 0.260. The van der Waals surface area contributed by atoms with Crippen LogP contribution in [0.15, 0.2) is 39.6 Å². The zero-order valence-electron chi connectivity index (χ0n) is 17.9. The Morgan fingerprint density at radius 2 is 1.63 bits per heavy atom. The summed E-state index contributed by atoms with van der Waals surface area (Å²) in [6, 6.07) is 9.08. The maximum Gasteiger partial charge on any atom is 0.354 e. The van der Waals surface area contributed by atoms with Crippen molar-refractivity contribution in [2.24, 2.45) is 9.50 Å². The maximum atomic E-state index is 13.0. The van der Waals surface area contributed by atoms with E-state index in [0.717, 1.165) is 49.9 Å². The summed E-state index contributed by atoms with van der Waals surface area (Å²) >= 11 is 0. The molecule has 0 saturated carbocycles. The standard InChI is InChI=1S/C23H30N4O2S/c1-15(2)27(3)18-10-12-19(13-11-18)30(24,29)26-23(28)25-22-20-8-4-6-16(20)14-17-7-5-9-21(17)22/h10-15H,4-9H2,1-3H3,(H3,24,25,26,28,29). The smallest absolute Gasteiger partial charge is 0.354 e. The zero-order valence-corrected chi connectivity index (χ0v) is 18.7. The topological polar surface area (TPSA) is 87.8 Å². The van der Waals surface area contributed by atoms with Crippen molar-refractivity contribution in [2.75, 3.05) is 17.3 Å². The second kappa shape index (κ2) is 8.04. The molecule has 0 aliphatic heterocycles. The SMILES string of the molecule is CC(C)N(C)c1ccc(S(N)(=O)=NC(=O)Nc2c3c(cc4c2CCC4)CCC3)cc1. The fraction of sp³-hybridized carbons (Fsp3) is 0.435. The van der Waals surface area contributed by atoms with Crippen molar-refractivity contribution in [2.45, 2.75) is 63.3 Å². The first-order chi connectivity index (χ1) is 14.3. The number of fused-ring (bicyclic) bond motifs is 2. The van der Waals surface area contributed by atoms with E-state index in [0.29, 0.717) is 10.9 Å². The largest absolute Gasteiger partial charge is 0.372 e. The average Bonchev–Trinajstić information content (AvgIpc) is 3.36. The van der Waals surface area contributed by atoms with E-state index in [2.05, 4.69) is 34.5 Å². The van der Waals surface area contributed by atoms with Crippen molar-refractivity contribution in [3.05, 3.63) is 52.6 Å². The van der Waals surface area contributed by atoms with Crippen LogP contribution < -0.4 is 15.4 Å². The highest BCUT2D eigenvalue weighted by Crippen LogP contribution is 2.38. The van der Waals surface area contributed by atoms with Gasteiger partial charge in [0.15, 0.2) is 0 Å². The van der Waals surface area contributed by atoms with E-state index < -0.39 is 15.9 Å². The highest BCUT2D eigenvalue weighted by atomic mass is 32.2. The number of rotatable bonds is 4. The molecule has 4 rings (SSSR count). The second-order valence-corrected chi connectivity index (χ2v) is 10.3. The van der Waals surface area contributed by atoms with Gasteiger partial charge < -0.3 is 10.2 Å². The van der Waals surface area contributed by atoms with Gasteiger partial charge in [-0.25, -0.2) is 14.1 Å². The molecule has 2 amide bonds. The molecule has 7 heteroatoms. The Labute approximate surface area is 179 Å². The number of benzene rings is 2. The molecule has 1 unspecified atom stereocenters. The Hall–Kier alpha value is -2.38. The van der Waals surface area contributed by atoms with Gasteiger partial charge in [-0.2, -0.15) is 0 Å². The van der Waals surface area contributed by atoms with E-state index in [1.165, 1.54) is 22.3 Å². The van der Waals surface area contributed by atoms with Gasteiger partial charge in [0.2, 0.25) is 0 Å². The third-order valence-corrected chi connectivity index (χ3v) is 7.66. The van der Waals surface area contributed by atoms with Gasteiger partial charge in [-0.3, -0.25) is 0 Å². The average molecular weight is 427 g/mol. The van der Waals surface area contributed by atoms with Crippen LogP contribution in [0.1, 0.15) is 48.9 Å². The number of carbonyl (C=O) groups excluding carboxylic acids is 1. The first-order valence-corrected chi connectivity index (χ1v) is 12.2. The summed E-state index contributed by atoms with van der Waals surface area (Å²) in [7, 11) is -1.33. The minimum atomic E-state index is -3.33. The van der Waals surface area contributed by atoms with E-state index in [4.69, 9.17) is 5.14 Å². The van der Waals surface area contributed by atoms with Crippen molar-refractivity contribution in [3.8, 4) is 0 Å². The summed E-state index contributed by atoms with van der Waals surface area (Å²) in [5.74, 6) is 0. The van der Waals surface area contributed by atoms with Crippen LogP contribution >= 0.6 is 0 Å². The minimum Gasteiger partial charge on any atom is -0.372 e. The molecule has 2 aliphatic rings. The molecule has 0 fully saturated rings. The number of nitrogens with zero attached hydrogens (tertiary/aromatic N) is 2. The Bertz CT molecular complexity index is 1070. The molecule has 2 aliphatic carbocycles. The third kappa shape index (κ3) is 3.96. The number of nitrogens with two attached hydrogens (primary N) is 1. The number of amides is 2. The lowest BCUT2D eigenvalue weighted by Crippen LogP contribution is -2.25. The molecule has 30 heavy (non-hydrogen) atoms. The van der Waals surface area contributed by atoms with Gasteiger partial charge >= 0.3 is 6.03 Å². The van der Waals surface area contributed by atoms with Crippen LogP contribution in [0.5, 0.6) is 0 Å². The highest BCUT2D eigenvalue weighted by Gasteiger charge is 2.25. The van der Waals surface area contributed by atoms with Gasteiger partial charge in [0.25, 0.3) is 0 Å². The molecular weight excluding hydrogens is 396 g/mol. The molecule has 0 spiro atoms. The number of hydrogen-bond donors (Lipinski definition) is 2. The van der Waals surface area contributed by atoms with Crippen LogP contribution in [0.25, 0.3) is 0 Å². The van der Waals surface area contributed by atoms with E-state index >= 15 is 0 Å². The maximum absolute atomic E-state index is 13.0. The number of urea groups is 1. The van der Waals surface area contributed by atoms with Crippen LogP contribution in [-0.2, 0) is 35.6 Å². The van der Waals surface area contributed by atoms with Gasteiger partial charge in [0.05, 0.1) is 4.90 Å². The van der Waals surface area contributed by atoms with Crippen LogP contribution in [-0.4, -0.2) is 23.3 Å². The van der Waals surface area contributed by atoms with Crippen molar-refractivity contribution in [1.82, 2.24) is 0 Å². The van der Waals surface area contributed by atoms with Crippen LogP contribution in [0, 0.1) is 0 Å². The Balaban J connectivity index is 1.60. The molecule has 0 radical (unpaired) electrons. The van der Waals surface area contributed by atoms with E-state index in [1.807, 2.05) is 19.2 Å². The van der Waals surface area contributed by atoms with Crippen LogP contribution in [0.3, 0.4) is 0 Å². The molecule has 0 saturated heterocycles. The predicted octanol–water partition coefficient (Wildman–Crippen LogP) is 4.44. The molecule has 6 nitrogen and oxygen atoms in total. The lowest BCUT2D eigenvalue weighted by Gasteiger charge is -2.23. The highest BCUT2D eigenvalue weighted by molar-refractivity contribution is 7.91.